The first-order valence-corrected chi connectivity index (χ1v) is 8.43. The van der Waals surface area contributed by atoms with Gasteiger partial charge in [0.15, 0.2) is 11.5 Å². The fourth-order valence-corrected chi connectivity index (χ4v) is 2.60. The van der Waals surface area contributed by atoms with Gasteiger partial charge in [-0.1, -0.05) is 42.5 Å². The summed E-state index contributed by atoms with van der Waals surface area (Å²) in [6.07, 6.45) is 0. The fourth-order valence-electron chi connectivity index (χ4n) is 2.13. The third-order valence-corrected chi connectivity index (χ3v) is 4.25. The largest absolute Gasteiger partial charge is 0.534 e. The van der Waals surface area contributed by atoms with Gasteiger partial charge in [-0.2, -0.15) is 21.6 Å². The zero-order valence-electron chi connectivity index (χ0n) is 12.5. The number of halogens is 3. The number of para-hydroxylation sites is 2. The van der Waals surface area contributed by atoms with E-state index >= 15 is 0 Å². The molecule has 130 valence electrons. The van der Waals surface area contributed by atoms with Crippen LogP contribution >= 0.6 is 0 Å². The van der Waals surface area contributed by atoms with Crippen LogP contribution in [0.15, 0.2) is 66.7 Å². The molecule has 3 rings (SSSR count). The second-order valence-electron chi connectivity index (χ2n) is 5.04. The van der Waals surface area contributed by atoms with Gasteiger partial charge < -0.3 is 8.92 Å². The Morgan fingerprint density at radius 2 is 1.36 bits per heavy atom. The van der Waals surface area contributed by atoms with Crippen LogP contribution in [0.2, 0.25) is 0 Å². The predicted octanol–water partition coefficient (Wildman–Crippen LogP) is 4.86. The summed E-state index contributed by atoms with van der Waals surface area (Å²) in [5.41, 5.74) is -5.52. The average molecular weight is 368 g/mol. The standard InChI is InChI=1S/C17H11F3O4S/c18-17(19,20)25(21,22)24-16-8-4-3-7-15(16)23-14-10-9-12-5-1-2-6-13(12)11-14/h1-11H. The zero-order chi connectivity index (χ0) is 18.1. The maximum absolute atomic E-state index is 12.5. The third kappa shape index (κ3) is 3.69. The Morgan fingerprint density at radius 1 is 0.760 bits per heavy atom. The van der Waals surface area contributed by atoms with E-state index in [9.17, 15) is 21.6 Å². The summed E-state index contributed by atoms with van der Waals surface area (Å²) >= 11 is 0. The Kier molecular flexibility index (Phi) is 4.30. The van der Waals surface area contributed by atoms with Crippen LogP contribution in [0.3, 0.4) is 0 Å². The second kappa shape index (κ2) is 6.29. The van der Waals surface area contributed by atoms with Crippen molar-refractivity contribution >= 4 is 20.9 Å². The van der Waals surface area contributed by atoms with Gasteiger partial charge in [0.25, 0.3) is 0 Å². The first-order chi connectivity index (χ1) is 11.8. The molecular weight excluding hydrogens is 357 g/mol. The minimum atomic E-state index is -5.78. The number of hydrogen-bond donors (Lipinski definition) is 0. The summed E-state index contributed by atoms with van der Waals surface area (Å²) < 4.78 is 69.6. The van der Waals surface area contributed by atoms with Crippen molar-refractivity contribution < 1.29 is 30.5 Å². The van der Waals surface area contributed by atoms with Gasteiger partial charge in [-0.25, -0.2) is 0 Å². The minimum absolute atomic E-state index is 0.148. The lowest BCUT2D eigenvalue weighted by molar-refractivity contribution is -0.0500. The Hall–Kier alpha value is -2.74. The van der Waals surface area contributed by atoms with Crippen molar-refractivity contribution in [2.45, 2.75) is 5.51 Å². The van der Waals surface area contributed by atoms with E-state index in [0.29, 0.717) is 5.75 Å². The molecule has 3 aromatic rings. The zero-order valence-corrected chi connectivity index (χ0v) is 13.3. The molecule has 4 nitrogen and oxygen atoms in total. The molecule has 0 N–H and O–H groups in total. The first kappa shape index (κ1) is 17.1. The van der Waals surface area contributed by atoms with Gasteiger partial charge >= 0.3 is 15.6 Å². The average Bonchev–Trinajstić information content (AvgIpc) is 2.55. The lowest BCUT2D eigenvalue weighted by atomic mass is 10.1. The molecule has 0 unspecified atom stereocenters. The van der Waals surface area contributed by atoms with Crippen molar-refractivity contribution in [3.05, 3.63) is 66.7 Å². The number of ether oxygens (including phenoxy) is 1. The molecule has 0 aliphatic rings. The number of benzene rings is 3. The van der Waals surface area contributed by atoms with E-state index in [0.717, 1.165) is 16.8 Å². The summed E-state index contributed by atoms with van der Waals surface area (Å²) in [6.45, 7) is 0. The normalized spacial score (nSPS) is 12.1. The summed E-state index contributed by atoms with van der Waals surface area (Å²) in [5.74, 6) is -0.363. The van der Waals surface area contributed by atoms with Crippen LogP contribution in [-0.2, 0) is 10.1 Å². The van der Waals surface area contributed by atoms with Gasteiger partial charge in [-0.3, -0.25) is 0 Å². The van der Waals surface area contributed by atoms with Crippen LogP contribution in [-0.4, -0.2) is 13.9 Å². The molecule has 0 saturated heterocycles. The Bertz CT molecular complexity index is 1010. The van der Waals surface area contributed by atoms with Gasteiger partial charge in [0.2, 0.25) is 0 Å². The van der Waals surface area contributed by atoms with Gasteiger partial charge in [0, 0.05) is 0 Å². The molecule has 0 bridgehead atoms. The van der Waals surface area contributed by atoms with Crippen LogP contribution in [0, 0.1) is 0 Å². The number of alkyl halides is 3. The predicted molar refractivity (Wildman–Crippen MR) is 86.1 cm³/mol. The molecule has 0 fully saturated rings. The molecule has 8 heteroatoms. The summed E-state index contributed by atoms with van der Waals surface area (Å²) in [6, 6.07) is 17.8. The third-order valence-electron chi connectivity index (χ3n) is 3.28. The quantitative estimate of drug-likeness (QED) is 0.487. The highest BCUT2D eigenvalue weighted by Gasteiger charge is 2.48. The van der Waals surface area contributed by atoms with Crippen LogP contribution < -0.4 is 8.92 Å². The van der Waals surface area contributed by atoms with E-state index in [2.05, 4.69) is 4.18 Å². The maximum Gasteiger partial charge on any atom is 0.534 e. The van der Waals surface area contributed by atoms with Gasteiger partial charge in [-0.05, 0) is 35.0 Å². The molecule has 0 spiro atoms. The topological polar surface area (TPSA) is 52.6 Å². The van der Waals surface area contributed by atoms with Crippen molar-refractivity contribution in [1.82, 2.24) is 0 Å². The van der Waals surface area contributed by atoms with Crippen molar-refractivity contribution in [2.24, 2.45) is 0 Å². The molecule has 0 aliphatic heterocycles. The number of rotatable bonds is 4. The molecule has 25 heavy (non-hydrogen) atoms. The summed E-state index contributed by atoms with van der Waals surface area (Å²) in [7, 11) is -5.78. The van der Waals surface area contributed by atoms with Crippen LogP contribution in [0.25, 0.3) is 10.8 Å². The minimum Gasteiger partial charge on any atom is -0.453 e. The van der Waals surface area contributed by atoms with Crippen LogP contribution in [0.1, 0.15) is 0 Å². The molecule has 0 amide bonds. The van der Waals surface area contributed by atoms with E-state index in [-0.39, 0.29) is 5.75 Å². The molecule has 0 saturated carbocycles. The smallest absolute Gasteiger partial charge is 0.453 e. The van der Waals surface area contributed by atoms with Crippen molar-refractivity contribution in [2.75, 3.05) is 0 Å². The van der Waals surface area contributed by atoms with E-state index in [4.69, 9.17) is 4.74 Å². The molecule has 0 radical (unpaired) electrons. The number of hydrogen-bond acceptors (Lipinski definition) is 4. The summed E-state index contributed by atoms with van der Waals surface area (Å²) in [5, 5.41) is 1.82. The van der Waals surface area contributed by atoms with E-state index < -0.39 is 21.4 Å². The molecular formula is C17H11F3O4S. The fraction of sp³-hybridized carbons (Fsp3) is 0.0588. The lowest BCUT2D eigenvalue weighted by Crippen LogP contribution is -2.28. The number of fused-ring (bicyclic) bond motifs is 1. The molecule has 0 aliphatic carbocycles. The Morgan fingerprint density at radius 3 is 2.04 bits per heavy atom. The molecule has 0 heterocycles. The molecule has 3 aromatic carbocycles. The highest BCUT2D eigenvalue weighted by atomic mass is 32.2. The summed E-state index contributed by atoms with van der Waals surface area (Å²) in [4.78, 5) is 0. The highest BCUT2D eigenvalue weighted by Crippen LogP contribution is 2.36. The van der Waals surface area contributed by atoms with E-state index in [1.54, 1.807) is 18.2 Å². The van der Waals surface area contributed by atoms with E-state index in [1.807, 2.05) is 24.3 Å². The van der Waals surface area contributed by atoms with Gasteiger partial charge in [-0.15, -0.1) is 0 Å². The SMILES string of the molecule is O=S(=O)(Oc1ccccc1Oc1ccc2ccccc2c1)C(F)(F)F. The van der Waals surface area contributed by atoms with Crippen LogP contribution in [0.4, 0.5) is 13.2 Å². The van der Waals surface area contributed by atoms with Crippen LogP contribution in [0.5, 0.6) is 17.2 Å². The van der Waals surface area contributed by atoms with Gasteiger partial charge in [0.1, 0.15) is 5.75 Å². The molecule has 0 aromatic heterocycles. The monoisotopic (exact) mass is 368 g/mol. The Labute approximate surface area is 141 Å². The maximum atomic E-state index is 12.5. The van der Waals surface area contributed by atoms with Crippen molar-refractivity contribution in [3.8, 4) is 17.2 Å². The van der Waals surface area contributed by atoms with Crippen molar-refractivity contribution in [3.63, 3.8) is 0 Å². The molecule has 0 atom stereocenters. The second-order valence-corrected chi connectivity index (χ2v) is 6.58. The first-order valence-electron chi connectivity index (χ1n) is 7.03. The van der Waals surface area contributed by atoms with E-state index in [1.165, 1.54) is 18.2 Å². The highest BCUT2D eigenvalue weighted by molar-refractivity contribution is 7.88. The van der Waals surface area contributed by atoms with Gasteiger partial charge in [0.05, 0.1) is 0 Å². The van der Waals surface area contributed by atoms with Crippen molar-refractivity contribution in [1.29, 1.82) is 0 Å². The Balaban J connectivity index is 1.93. The lowest BCUT2D eigenvalue weighted by Gasteiger charge is -2.13.